The Morgan fingerprint density at radius 3 is 2.52 bits per heavy atom. The van der Waals surface area contributed by atoms with Crippen LogP contribution in [0.1, 0.15) is 24.0 Å². The smallest absolute Gasteiger partial charge is 0.119 e. The number of halogens is 1. The Kier molecular flexibility index (Phi) is 6.10. The summed E-state index contributed by atoms with van der Waals surface area (Å²) in [5, 5.41) is 11.3. The van der Waals surface area contributed by atoms with Crippen LogP contribution in [-0.4, -0.2) is 41.8 Å². The van der Waals surface area contributed by atoms with Crippen LogP contribution in [-0.2, 0) is 12.0 Å². The fourth-order valence-electron chi connectivity index (χ4n) is 4.13. The number of aromatic nitrogens is 1. The maximum absolute atomic E-state index is 10.1. The van der Waals surface area contributed by atoms with Gasteiger partial charge in [-0.3, -0.25) is 4.90 Å². The van der Waals surface area contributed by atoms with Crippen molar-refractivity contribution in [3.63, 3.8) is 0 Å². The second kappa shape index (κ2) is 8.34. The van der Waals surface area contributed by atoms with E-state index in [0.717, 1.165) is 43.7 Å². The van der Waals surface area contributed by atoms with Crippen molar-refractivity contribution in [2.75, 3.05) is 26.8 Å². The maximum Gasteiger partial charge on any atom is 0.119 e. The summed E-state index contributed by atoms with van der Waals surface area (Å²) < 4.78 is 5.37. The van der Waals surface area contributed by atoms with Crippen LogP contribution in [0.5, 0.6) is 5.75 Å². The minimum absolute atomic E-state index is 0. The molecule has 0 amide bonds. The van der Waals surface area contributed by atoms with Gasteiger partial charge in [0.1, 0.15) is 5.75 Å². The Morgan fingerprint density at radius 1 is 1.11 bits per heavy atom. The van der Waals surface area contributed by atoms with Crippen LogP contribution in [0.15, 0.2) is 54.7 Å². The largest absolute Gasteiger partial charge is 0.497 e. The first-order chi connectivity index (χ1) is 12.7. The van der Waals surface area contributed by atoms with Gasteiger partial charge in [0, 0.05) is 29.1 Å². The lowest BCUT2D eigenvalue weighted by molar-refractivity contribution is 0.0976. The number of fused-ring (bicyclic) bond motifs is 1. The molecule has 1 aliphatic heterocycles. The predicted octanol–water partition coefficient (Wildman–Crippen LogP) is 4.12. The van der Waals surface area contributed by atoms with E-state index in [1.54, 1.807) is 7.11 Å². The van der Waals surface area contributed by atoms with Gasteiger partial charge in [-0.05, 0) is 55.3 Å². The van der Waals surface area contributed by atoms with E-state index in [2.05, 4.69) is 52.5 Å². The first kappa shape index (κ1) is 19.7. The topological polar surface area (TPSA) is 48.5 Å². The molecule has 0 saturated carbocycles. The number of rotatable bonds is 5. The number of ether oxygens (including phenoxy) is 1. The molecule has 144 valence electrons. The number of likely N-dealkylation sites (tertiary alicyclic amines) is 1. The second-order valence-corrected chi connectivity index (χ2v) is 7.31. The Hall–Kier alpha value is -2.01. The van der Waals surface area contributed by atoms with Gasteiger partial charge in [-0.1, -0.05) is 30.3 Å². The summed E-state index contributed by atoms with van der Waals surface area (Å²) in [6.07, 6.45) is 4.08. The fourth-order valence-corrected chi connectivity index (χ4v) is 4.13. The summed E-state index contributed by atoms with van der Waals surface area (Å²) in [4.78, 5) is 5.85. The zero-order valence-corrected chi connectivity index (χ0v) is 16.5. The first-order valence-corrected chi connectivity index (χ1v) is 9.27. The lowest BCUT2D eigenvalue weighted by Gasteiger charge is -2.41. The number of aliphatic hydroxyl groups is 1. The van der Waals surface area contributed by atoms with Crippen LogP contribution in [0.25, 0.3) is 10.9 Å². The van der Waals surface area contributed by atoms with Crippen LogP contribution in [0.3, 0.4) is 0 Å². The van der Waals surface area contributed by atoms with Crippen LogP contribution >= 0.6 is 12.4 Å². The van der Waals surface area contributed by atoms with Crippen molar-refractivity contribution in [1.29, 1.82) is 0 Å². The average molecular weight is 387 g/mol. The molecular formula is C22H27ClN2O2. The second-order valence-electron chi connectivity index (χ2n) is 7.31. The Morgan fingerprint density at radius 2 is 1.85 bits per heavy atom. The minimum Gasteiger partial charge on any atom is -0.497 e. The molecule has 2 heterocycles. The highest BCUT2D eigenvalue weighted by atomic mass is 35.5. The lowest BCUT2D eigenvalue weighted by atomic mass is 9.73. The number of H-pyrrole nitrogens is 1. The van der Waals surface area contributed by atoms with E-state index in [0.29, 0.717) is 0 Å². The number of aliphatic hydroxyl groups excluding tert-OH is 1. The van der Waals surface area contributed by atoms with Gasteiger partial charge < -0.3 is 14.8 Å². The molecule has 1 aromatic heterocycles. The molecule has 0 unspecified atom stereocenters. The summed E-state index contributed by atoms with van der Waals surface area (Å²) in [6.45, 7) is 3.12. The van der Waals surface area contributed by atoms with Gasteiger partial charge in [-0.15, -0.1) is 12.4 Å². The van der Waals surface area contributed by atoms with Crippen molar-refractivity contribution in [2.45, 2.75) is 24.8 Å². The Balaban J connectivity index is 0.00000210. The zero-order chi connectivity index (χ0) is 18.0. The van der Waals surface area contributed by atoms with Crippen molar-refractivity contribution in [3.8, 4) is 5.75 Å². The molecule has 5 heteroatoms. The molecule has 0 spiro atoms. The van der Waals surface area contributed by atoms with Crippen LogP contribution < -0.4 is 4.74 Å². The molecule has 1 fully saturated rings. The molecule has 2 N–H and O–H groups in total. The summed E-state index contributed by atoms with van der Waals surface area (Å²) in [6, 6.07) is 16.6. The highest BCUT2D eigenvalue weighted by Crippen LogP contribution is 2.36. The van der Waals surface area contributed by atoms with Crippen molar-refractivity contribution in [3.05, 3.63) is 65.9 Å². The molecule has 4 rings (SSSR count). The minimum atomic E-state index is -0.0960. The van der Waals surface area contributed by atoms with Gasteiger partial charge in [-0.25, -0.2) is 0 Å². The van der Waals surface area contributed by atoms with Gasteiger partial charge >= 0.3 is 0 Å². The molecule has 27 heavy (non-hydrogen) atoms. The number of methoxy groups -OCH3 is 1. The first-order valence-electron chi connectivity index (χ1n) is 9.27. The average Bonchev–Trinajstić information content (AvgIpc) is 3.11. The standard InChI is InChI=1S/C22H26N2O2.ClH/c1-26-19-7-8-21-20(13-19)17(14-23-21)15-24-11-9-22(16-25,10-12-24)18-5-3-2-4-6-18;/h2-8,13-14,23,25H,9-12,15-16H2,1H3;1H. The van der Waals surface area contributed by atoms with E-state index in [1.807, 2.05) is 12.1 Å². The van der Waals surface area contributed by atoms with Crippen LogP contribution in [0, 0.1) is 0 Å². The van der Waals surface area contributed by atoms with Crippen molar-refractivity contribution < 1.29 is 9.84 Å². The third-order valence-corrected chi connectivity index (χ3v) is 5.87. The van der Waals surface area contributed by atoms with E-state index in [4.69, 9.17) is 4.74 Å². The van der Waals surface area contributed by atoms with E-state index < -0.39 is 0 Å². The third kappa shape index (κ3) is 3.84. The summed E-state index contributed by atoms with van der Waals surface area (Å²) in [5.41, 5.74) is 3.61. The number of nitrogens with one attached hydrogen (secondary N) is 1. The molecule has 0 radical (unpaired) electrons. The number of benzene rings is 2. The number of hydrogen-bond donors (Lipinski definition) is 2. The van der Waals surface area contributed by atoms with Gasteiger partial charge in [0.15, 0.2) is 0 Å². The third-order valence-electron chi connectivity index (χ3n) is 5.87. The summed E-state index contributed by atoms with van der Waals surface area (Å²) in [7, 11) is 1.70. The fraction of sp³-hybridized carbons (Fsp3) is 0.364. The number of hydrogen-bond acceptors (Lipinski definition) is 3. The van der Waals surface area contributed by atoms with Crippen molar-refractivity contribution in [2.24, 2.45) is 0 Å². The van der Waals surface area contributed by atoms with E-state index in [9.17, 15) is 5.11 Å². The van der Waals surface area contributed by atoms with Gasteiger partial charge in [0.05, 0.1) is 13.7 Å². The number of nitrogens with zero attached hydrogens (tertiary/aromatic N) is 1. The summed E-state index contributed by atoms with van der Waals surface area (Å²) >= 11 is 0. The highest BCUT2D eigenvalue weighted by molar-refractivity contribution is 5.85. The molecule has 0 atom stereocenters. The quantitative estimate of drug-likeness (QED) is 0.693. The number of aromatic amines is 1. The number of piperidine rings is 1. The SMILES string of the molecule is COc1ccc2[nH]cc(CN3CCC(CO)(c4ccccc4)CC3)c2c1.Cl. The van der Waals surface area contributed by atoms with Crippen molar-refractivity contribution in [1.82, 2.24) is 9.88 Å². The zero-order valence-electron chi connectivity index (χ0n) is 15.6. The van der Waals surface area contributed by atoms with Gasteiger partial charge in [-0.2, -0.15) is 0 Å². The van der Waals surface area contributed by atoms with Gasteiger partial charge in [0.2, 0.25) is 0 Å². The Bertz CT molecular complexity index is 870. The maximum atomic E-state index is 10.1. The van der Waals surface area contributed by atoms with Crippen LogP contribution in [0.4, 0.5) is 0 Å². The van der Waals surface area contributed by atoms with Gasteiger partial charge in [0.25, 0.3) is 0 Å². The van der Waals surface area contributed by atoms with E-state index in [-0.39, 0.29) is 24.4 Å². The molecule has 0 aliphatic carbocycles. The molecule has 2 aromatic carbocycles. The monoisotopic (exact) mass is 386 g/mol. The summed E-state index contributed by atoms with van der Waals surface area (Å²) in [5.74, 6) is 0.889. The molecule has 1 aliphatic rings. The molecule has 1 saturated heterocycles. The molecule has 4 nitrogen and oxygen atoms in total. The molecule has 0 bridgehead atoms. The van der Waals surface area contributed by atoms with E-state index >= 15 is 0 Å². The molecular weight excluding hydrogens is 360 g/mol. The Labute approximate surface area is 166 Å². The normalized spacial score (nSPS) is 16.8. The lowest BCUT2D eigenvalue weighted by Crippen LogP contribution is -2.44. The molecule has 3 aromatic rings. The van der Waals surface area contributed by atoms with E-state index in [1.165, 1.54) is 16.5 Å². The van der Waals surface area contributed by atoms with Crippen molar-refractivity contribution >= 4 is 23.3 Å². The highest BCUT2D eigenvalue weighted by Gasteiger charge is 2.35. The van der Waals surface area contributed by atoms with Crippen LogP contribution in [0.2, 0.25) is 0 Å². The predicted molar refractivity (Wildman–Crippen MR) is 112 cm³/mol.